The van der Waals surface area contributed by atoms with Crippen LogP contribution in [-0.2, 0) is 14.6 Å². The molecule has 28 heavy (non-hydrogen) atoms. The molecule has 9 nitrogen and oxygen atoms in total. The zero-order valence-electron chi connectivity index (χ0n) is 16.0. The number of aromatic nitrogens is 2. The molecule has 2 aromatic rings. The van der Waals surface area contributed by atoms with Crippen molar-refractivity contribution in [1.29, 1.82) is 0 Å². The summed E-state index contributed by atoms with van der Waals surface area (Å²) >= 11 is 0. The first kappa shape index (κ1) is 20.3. The van der Waals surface area contributed by atoms with Crippen molar-refractivity contribution in [1.82, 2.24) is 19.4 Å². The molecule has 2 saturated heterocycles. The number of hydrogen-bond donors (Lipinski definition) is 1. The van der Waals surface area contributed by atoms with E-state index in [0.29, 0.717) is 18.7 Å². The van der Waals surface area contributed by atoms with E-state index in [1.807, 2.05) is 25.1 Å². The molecule has 0 radical (unpaired) electrons. The van der Waals surface area contributed by atoms with Crippen molar-refractivity contribution in [2.24, 2.45) is 5.92 Å². The van der Waals surface area contributed by atoms with Gasteiger partial charge in [0, 0.05) is 49.9 Å². The second-order valence-corrected chi connectivity index (χ2v) is 9.67. The van der Waals surface area contributed by atoms with E-state index in [1.54, 1.807) is 33.9 Å². The molecule has 0 spiro atoms. The average Bonchev–Trinajstić information content (AvgIpc) is 3.29. The lowest BCUT2D eigenvalue weighted by Crippen LogP contribution is -2.38. The summed E-state index contributed by atoms with van der Waals surface area (Å²) < 4.78 is 26.5. The minimum Gasteiger partial charge on any atom is -0.481 e. The lowest BCUT2D eigenvalue weighted by atomic mass is 10.00. The van der Waals surface area contributed by atoms with Crippen LogP contribution in [0, 0.1) is 5.92 Å². The number of pyridine rings is 1. The molecule has 4 heterocycles. The molecule has 3 atom stereocenters. The van der Waals surface area contributed by atoms with Crippen molar-refractivity contribution < 1.29 is 23.1 Å². The first-order chi connectivity index (χ1) is 13.1. The number of carboxylic acid groups (broad SMARTS) is 1. The van der Waals surface area contributed by atoms with Crippen molar-refractivity contribution in [3.63, 3.8) is 0 Å². The molecule has 152 valence electrons. The number of carbonyl (C=O) groups excluding carboxylic acids is 1. The van der Waals surface area contributed by atoms with Crippen LogP contribution in [0.25, 0.3) is 5.52 Å². The molecule has 2 aromatic heterocycles. The van der Waals surface area contributed by atoms with Crippen LogP contribution in [0.2, 0.25) is 0 Å². The predicted octanol–water partition coefficient (Wildman–Crippen LogP) is 0.224. The smallest absolute Gasteiger partial charge is 0.300 e. The van der Waals surface area contributed by atoms with Crippen LogP contribution < -0.4 is 0 Å². The van der Waals surface area contributed by atoms with Gasteiger partial charge >= 0.3 is 0 Å². The summed E-state index contributed by atoms with van der Waals surface area (Å²) in [5.74, 6) is -0.757. The number of carbonyl (C=O) groups is 2. The van der Waals surface area contributed by atoms with Crippen LogP contribution in [0.4, 0.5) is 0 Å². The van der Waals surface area contributed by atoms with E-state index in [2.05, 4.69) is 5.10 Å². The summed E-state index contributed by atoms with van der Waals surface area (Å²) in [5.41, 5.74) is 1.42. The standard InChI is InChI=1S/C16H20N4O3S.C2H4O2/c1-18(2)14-10-24(22,23)15-9-19(8-13(14)15)16(21)11-4-6-20-12(7-11)3-5-17-20;1-2(3)4/h3-7,13-15H,8-10H2,1-2H3;1H3,(H,3,4)/t13-,14+,15-;/m0./s1. The van der Waals surface area contributed by atoms with Crippen LogP contribution in [0.15, 0.2) is 30.6 Å². The van der Waals surface area contributed by atoms with Gasteiger partial charge in [-0.05, 0) is 32.3 Å². The molecule has 0 saturated carbocycles. The number of hydrogen-bond acceptors (Lipinski definition) is 6. The van der Waals surface area contributed by atoms with Crippen LogP contribution in [0.3, 0.4) is 0 Å². The molecular weight excluding hydrogens is 384 g/mol. The molecule has 0 aliphatic carbocycles. The van der Waals surface area contributed by atoms with Crippen LogP contribution in [0.1, 0.15) is 17.3 Å². The first-order valence-electron chi connectivity index (χ1n) is 8.90. The molecule has 1 N–H and O–H groups in total. The summed E-state index contributed by atoms with van der Waals surface area (Å²) in [6.07, 6.45) is 3.43. The average molecular weight is 408 g/mol. The molecule has 0 unspecified atom stereocenters. The largest absolute Gasteiger partial charge is 0.481 e. The first-order valence-corrected chi connectivity index (χ1v) is 10.6. The normalized spacial score (nSPS) is 25.4. The maximum Gasteiger partial charge on any atom is 0.300 e. The van der Waals surface area contributed by atoms with Gasteiger partial charge < -0.3 is 14.9 Å². The predicted molar refractivity (Wildman–Crippen MR) is 103 cm³/mol. The van der Waals surface area contributed by atoms with Crippen molar-refractivity contribution in [2.45, 2.75) is 18.2 Å². The van der Waals surface area contributed by atoms with E-state index in [-0.39, 0.29) is 23.6 Å². The summed E-state index contributed by atoms with van der Waals surface area (Å²) in [5, 5.41) is 11.1. The number of aliphatic carboxylic acids is 1. The number of rotatable bonds is 2. The maximum absolute atomic E-state index is 12.8. The fraction of sp³-hybridized carbons (Fsp3) is 0.500. The number of nitrogens with zero attached hydrogens (tertiary/aromatic N) is 4. The lowest BCUT2D eigenvalue weighted by molar-refractivity contribution is -0.134. The Morgan fingerprint density at radius 3 is 2.57 bits per heavy atom. The molecule has 4 rings (SSSR count). The minimum atomic E-state index is -3.14. The third-order valence-electron chi connectivity index (χ3n) is 5.26. The van der Waals surface area contributed by atoms with Crippen LogP contribution in [0.5, 0.6) is 0 Å². The third kappa shape index (κ3) is 3.88. The summed E-state index contributed by atoms with van der Waals surface area (Å²) in [4.78, 5) is 25.5. The zero-order chi connectivity index (χ0) is 20.6. The molecular formula is C18H24N4O5S. The highest BCUT2D eigenvalue weighted by atomic mass is 32.2. The van der Waals surface area contributed by atoms with Gasteiger partial charge in [0.05, 0.1) is 16.5 Å². The third-order valence-corrected chi connectivity index (χ3v) is 7.49. The Morgan fingerprint density at radius 2 is 1.93 bits per heavy atom. The molecule has 1 amide bonds. The van der Waals surface area contributed by atoms with E-state index in [4.69, 9.17) is 9.90 Å². The number of fused-ring (bicyclic) bond motifs is 2. The van der Waals surface area contributed by atoms with E-state index in [0.717, 1.165) is 12.4 Å². The zero-order valence-corrected chi connectivity index (χ0v) is 16.8. The highest BCUT2D eigenvalue weighted by Gasteiger charge is 2.53. The van der Waals surface area contributed by atoms with Gasteiger partial charge in [-0.1, -0.05) is 0 Å². The molecule has 2 aliphatic heterocycles. The van der Waals surface area contributed by atoms with Crippen molar-refractivity contribution in [3.05, 3.63) is 36.2 Å². The molecule has 0 bridgehead atoms. The Bertz CT molecular complexity index is 996. The number of carboxylic acids is 1. The summed E-state index contributed by atoms with van der Waals surface area (Å²) in [7, 11) is 0.665. The quantitative estimate of drug-likeness (QED) is 0.757. The van der Waals surface area contributed by atoms with E-state index in [9.17, 15) is 13.2 Å². The Morgan fingerprint density at radius 1 is 1.25 bits per heavy atom. The summed E-state index contributed by atoms with van der Waals surface area (Å²) in [6.45, 7) is 1.87. The topological polar surface area (TPSA) is 112 Å². The Kier molecular flexibility index (Phi) is 5.44. The van der Waals surface area contributed by atoms with Crippen LogP contribution in [-0.4, -0.2) is 89.0 Å². The minimum absolute atomic E-state index is 0.00681. The van der Waals surface area contributed by atoms with Gasteiger partial charge in [-0.3, -0.25) is 9.59 Å². The molecule has 2 aliphatic rings. The fourth-order valence-corrected chi connectivity index (χ4v) is 6.44. The fourth-order valence-electron chi connectivity index (χ4n) is 3.97. The van der Waals surface area contributed by atoms with Gasteiger partial charge in [0.1, 0.15) is 0 Å². The van der Waals surface area contributed by atoms with Crippen molar-refractivity contribution >= 4 is 27.2 Å². The number of amides is 1. The van der Waals surface area contributed by atoms with Crippen molar-refractivity contribution in [2.75, 3.05) is 32.9 Å². The highest BCUT2D eigenvalue weighted by Crippen LogP contribution is 2.36. The van der Waals surface area contributed by atoms with Gasteiger partial charge in [0.25, 0.3) is 11.9 Å². The van der Waals surface area contributed by atoms with E-state index in [1.165, 1.54) is 0 Å². The van der Waals surface area contributed by atoms with Gasteiger partial charge in [-0.15, -0.1) is 0 Å². The Labute approximate surface area is 163 Å². The summed E-state index contributed by atoms with van der Waals surface area (Å²) in [6, 6.07) is 5.34. The molecule has 10 heteroatoms. The number of sulfone groups is 1. The van der Waals surface area contributed by atoms with Gasteiger partial charge in [0.15, 0.2) is 9.84 Å². The highest BCUT2D eigenvalue weighted by molar-refractivity contribution is 7.92. The second-order valence-electron chi connectivity index (χ2n) is 7.41. The van der Waals surface area contributed by atoms with Gasteiger partial charge in [0.2, 0.25) is 0 Å². The van der Waals surface area contributed by atoms with E-state index >= 15 is 0 Å². The SMILES string of the molecule is CC(=O)O.CN(C)[C@@H]1CS(=O)(=O)[C@H]2CN(C(=O)c3ccn4nccc4c3)C[C@@H]12. The Hall–Kier alpha value is -2.46. The molecule has 0 aromatic carbocycles. The monoisotopic (exact) mass is 408 g/mol. The van der Waals surface area contributed by atoms with Gasteiger partial charge in [-0.25, -0.2) is 12.9 Å². The lowest BCUT2D eigenvalue weighted by Gasteiger charge is -2.25. The Balaban J connectivity index is 0.000000516. The maximum atomic E-state index is 12.8. The number of likely N-dealkylation sites (tertiary alicyclic amines) is 1. The van der Waals surface area contributed by atoms with Gasteiger partial charge in [-0.2, -0.15) is 5.10 Å². The second kappa shape index (κ2) is 7.51. The van der Waals surface area contributed by atoms with Crippen molar-refractivity contribution in [3.8, 4) is 0 Å². The molecule has 2 fully saturated rings. The van der Waals surface area contributed by atoms with E-state index < -0.39 is 21.1 Å². The van der Waals surface area contributed by atoms with Crippen LogP contribution >= 0.6 is 0 Å².